The van der Waals surface area contributed by atoms with E-state index in [1.165, 1.54) is 11.3 Å². The number of aryl methyl sites for hydroxylation is 2. The van der Waals surface area contributed by atoms with Gasteiger partial charge in [-0.3, -0.25) is 4.79 Å². The monoisotopic (exact) mass is 324 g/mol. The van der Waals surface area contributed by atoms with Gasteiger partial charge < -0.3 is 10.2 Å². The van der Waals surface area contributed by atoms with Crippen molar-refractivity contribution >= 4 is 35.0 Å². The van der Waals surface area contributed by atoms with Gasteiger partial charge in [0.05, 0.1) is 17.7 Å². The molecule has 0 radical (unpaired) electrons. The lowest BCUT2D eigenvalue weighted by atomic mass is 10.2. The zero-order chi connectivity index (χ0) is 15.6. The molecule has 2 aromatic rings. The van der Waals surface area contributed by atoms with E-state index in [4.69, 9.17) is 5.11 Å². The Labute approximate surface area is 128 Å². The van der Waals surface area contributed by atoms with Crippen molar-refractivity contribution in [3.63, 3.8) is 0 Å². The predicted molar refractivity (Wildman–Crippen MR) is 78.2 cm³/mol. The highest BCUT2D eigenvalue weighted by Gasteiger charge is 2.17. The third-order valence-electron chi connectivity index (χ3n) is 2.59. The highest BCUT2D eigenvalue weighted by molar-refractivity contribution is 8.01. The van der Waals surface area contributed by atoms with Gasteiger partial charge in [0.2, 0.25) is 0 Å². The van der Waals surface area contributed by atoms with Crippen molar-refractivity contribution in [3.05, 3.63) is 34.0 Å². The Hall–Kier alpha value is -1.93. The fourth-order valence-corrected chi connectivity index (χ4v) is 3.82. The molecule has 0 bridgehead atoms. The average Bonchev–Trinajstić information content (AvgIpc) is 2.71. The van der Waals surface area contributed by atoms with Crippen molar-refractivity contribution in [2.75, 3.05) is 0 Å². The molecular weight excluding hydrogens is 312 g/mol. The Morgan fingerprint density at radius 2 is 2.05 bits per heavy atom. The molecule has 8 heteroatoms. The summed E-state index contributed by atoms with van der Waals surface area (Å²) in [4.78, 5) is 31.0. The van der Waals surface area contributed by atoms with E-state index in [2.05, 4.69) is 9.97 Å². The molecule has 0 aliphatic heterocycles. The fraction of sp³-hybridized carbons (Fsp3) is 0.231. The van der Waals surface area contributed by atoms with Gasteiger partial charge in [0, 0.05) is 11.1 Å². The molecule has 0 saturated heterocycles. The van der Waals surface area contributed by atoms with Crippen LogP contribution in [0.2, 0.25) is 0 Å². The van der Waals surface area contributed by atoms with Gasteiger partial charge in [-0.15, -0.1) is 11.3 Å². The summed E-state index contributed by atoms with van der Waals surface area (Å²) in [6.07, 6.45) is 1.50. The number of aromatic carboxylic acids is 1. The first-order valence-electron chi connectivity index (χ1n) is 5.92. The maximum atomic E-state index is 11.2. The van der Waals surface area contributed by atoms with Crippen molar-refractivity contribution in [2.45, 2.75) is 29.6 Å². The number of aliphatic carboxylic acids is 1. The summed E-state index contributed by atoms with van der Waals surface area (Å²) in [5.74, 6) is -1.97. The predicted octanol–water partition coefficient (Wildman–Crippen LogP) is 2.63. The molecule has 0 amide bonds. The first kappa shape index (κ1) is 15.5. The van der Waals surface area contributed by atoms with Crippen LogP contribution in [-0.4, -0.2) is 32.1 Å². The summed E-state index contributed by atoms with van der Waals surface area (Å²) in [5.41, 5.74) is 1.53. The number of thiazole rings is 1. The lowest BCUT2D eigenvalue weighted by molar-refractivity contribution is -0.136. The molecule has 2 N–H and O–H groups in total. The second-order valence-corrected chi connectivity index (χ2v) is 6.65. The van der Waals surface area contributed by atoms with Crippen molar-refractivity contribution in [2.24, 2.45) is 0 Å². The van der Waals surface area contributed by atoms with E-state index in [0.29, 0.717) is 19.9 Å². The molecule has 0 aliphatic carbocycles. The first-order valence-corrected chi connectivity index (χ1v) is 7.56. The lowest BCUT2D eigenvalue weighted by Crippen LogP contribution is -2.01. The molecular formula is C13H12N2O4S2. The third-order valence-corrected chi connectivity index (χ3v) is 4.82. The quantitative estimate of drug-likeness (QED) is 0.872. The molecule has 0 atom stereocenters. The molecule has 6 nitrogen and oxygen atoms in total. The summed E-state index contributed by atoms with van der Waals surface area (Å²) in [6, 6.07) is 1.55. The SMILES string of the molecule is Cc1cnc(Sc2nc(C)c(CC(=O)O)s2)c(C(=O)O)c1. The van der Waals surface area contributed by atoms with Crippen molar-refractivity contribution in [1.29, 1.82) is 0 Å². The van der Waals surface area contributed by atoms with Gasteiger partial charge in [-0.25, -0.2) is 14.8 Å². The van der Waals surface area contributed by atoms with Crippen LogP contribution < -0.4 is 0 Å². The van der Waals surface area contributed by atoms with Crippen molar-refractivity contribution < 1.29 is 19.8 Å². The highest BCUT2D eigenvalue weighted by Crippen LogP contribution is 2.34. The van der Waals surface area contributed by atoms with Gasteiger partial charge >= 0.3 is 11.9 Å². The number of aromatic nitrogens is 2. The topological polar surface area (TPSA) is 100 Å². The van der Waals surface area contributed by atoms with E-state index in [-0.39, 0.29) is 12.0 Å². The van der Waals surface area contributed by atoms with Gasteiger partial charge in [-0.05, 0) is 37.2 Å². The number of rotatable bonds is 5. The Morgan fingerprint density at radius 3 is 2.67 bits per heavy atom. The molecule has 0 aliphatic rings. The molecule has 110 valence electrons. The molecule has 0 spiro atoms. The van der Waals surface area contributed by atoms with Gasteiger partial charge in [-0.2, -0.15) is 0 Å². The largest absolute Gasteiger partial charge is 0.481 e. The number of nitrogens with zero attached hydrogens (tertiary/aromatic N) is 2. The lowest BCUT2D eigenvalue weighted by Gasteiger charge is -2.03. The standard InChI is InChI=1S/C13H12N2O4S2/c1-6-3-8(12(18)19)11(14-5-6)21-13-15-7(2)9(20-13)4-10(16)17/h3,5H,4H2,1-2H3,(H,16,17)(H,18,19). The Morgan fingerprint density at radius 1 is 1.33 bits per heavy atom. The molecule has 2 heterocycles. The van der Waals surface area contributed by atoms with Gasteiger partial charge in [-0.1, -0.05) is 0 Å². The average molecular weight is 324 g/mol. The normalized spacial score (nSPS) is 10.6. The van der Waals surface area contributed by atoms with E-state index < -0.39 is 11.9 Å². The number of carboxylic acids is 2. The summed E-state index contributed by atoms with van der Waals surface area (Å²) >= 11 is 2.38. The third kappa shape index (κ3) is 3.79. The van der Waals surface area contributed by atoms with E-state index in [9.17, 15) is 14.7 Å². The van der Waals surface area contributed by atoms with Crippen molar-refractivity contribution in [1.82, 2.24) is 9.97 Å². The number of carbonyl (C=O) groups is 2. The fourth-order valence-electron chi connectivity index (χ4n) is 1.62. The second kappa shape index (κ2) is 6.23. The molecule has 0 saturated carbocycles. The van der Waals surface area contributed by atoms with Crippen LogP contribution in [0.3, 0.4) is 0 Å². The van der Waals surface area contributed by atoms with Crippen LogP contribution in [0.25, 0.3) is 0 Å². The minimum absolute atomic E-state index is 0.0861. The van der Waals surface area contributed by atoms with Crippen LogP contribution in [0, 0.1) is 13.8 Å². The molecule has 0 unspecified atom stereocenters. The second-order valence-electron chi connectivity index (χ2n) is 4.33. The summed E-state index contributed by atoms with van der Waals surface area (Å²) in [5, 5.41) is 18.4. The van der Waals surface area contributed by atoms with Crippen LogP contribution in [0.4, 0.5) is 0 Å². The van der Waals surface area contributed by atoms with E-state index in [0.717, 1.165) is 17.3 Å². The Kier molecular flexibility index (Phi) is 4.59. The molecule has 2 rings (SSSR count). The number of hydrogen-bond acceptors (Lipinski definition) is 6. The Balaban J connectivity index is 2.30. The zero-order valence-corrected chi connectivity index (χ0v) is 12.9. The van der Waals surface area contributed by atoms with Crippen LogP contribution in [0.5, 0.6) is 0 Å². The maximum absolute atomic E-state index is 11.2. The van der Waals surface area contributed by atoms with Crippen LogP contribution >= 0.6 is 23.1 Å². The van der Waals surface area contributed by atoms with E-state index >= 15 is 0 Å². The Bertz CT molecular complexity index is 712. The summed E-state index contributed by atoms with van der Waals surface area (Å²) < 4.78 is 0.586. The zero-order valence-electron chi connectivity index (χ0n) is 11.3. The maximum Gasteiger partial charge on any atom is 0.338 e. The van der Waals surface area contributed by atoms with Crippen molar-refractivity contribution in [3.8, 4) is 0 Å². The smallest absolute Gasteiger partial charge is 0.338 e. The van der Waals surface area contributed by atoms with Crippen LogP contribution in [0.15, 0.2) is 21.6 Å². The van der Waals surface area contributed by atoms with Gasteiger partial charge in [0.25, 0.3) is 0 Å². The number of carboxylic acid groups (broad SMARTS) is 2. The minimum Gasteiger partial charge on any atom is -0.481 e. The number of pyridine rings is 1. The van der Waals surface area contributed by atoms with E-state index in [1.807, 2.05) is 0 Å². The molecule has 0 fully saturated rings. The summed E-state index contributed by atoms with van der Waals surface area (Å²) in [6.45, 7) is 3.51. The molecule has 2 aromatic heterocycles. The molecule has 21 heavy (non-hydrogen) atoms. The van der Waals surface area contributed by atoms with Gasteiger partial charge in [0.15, 0.2) is 4.34 Å². The van der Waals surface area contributed by atoms with E-state index in [1.54, 1.807) is 26.1 Å². The van der Waals surface area contributed by atoms with Gasteiger partial charge in [0.1, 0.15) is 5.03 Å². The summed E-state index contributed by atoms with van der Waals surface area (Å²) in [7, 11) is 0. The molecule has 0 aromatic carbocycles. The first-order chi connectivity index (χ1) is 9.86. The van der Waals surface area contributed by atoms with Crippen LogP contribution in [0.1, 0.15) is 26.5 Å². The minimum atomic E-state index is -1.05. The number of hydrogen-bond donors (Lipinski definition) is 2. The highest BCUT2D eigenvalue weighted by atomic mass is 32.2. The van der Waals surface area contributed by atoms with Crippen LogP contribution in [-0.2, 0) is 11.2 Å².